The van der Waals surface area contributed by atoms with Gasteiger partial charge in [0.15, 0.2) is 10.8 Å². The third-order valence-corrected chi connectivity index (χ3v) is 6.23. The molecule has 0 spiro atoms. The van der Waals surface area contributed by atoms with Crippen molar-refractivity contribution in [1.82, 2.24) is 9.88 Å². The van der Waals surface area contributed by atoms with Gasteiger partial charge >= 0.3 is 5.97 Å². The first kappa shape index (κ1) is 20.8. The van der Waals surface area contributed by atoms with Crippen molar-refractivity contribution in [1.29, 1.82) is 0 Å². The molecule has 4 aromatic rings. The van der Waals surface area contributed by atoms with E-state index in [-0.39, 0.29) is 24.2 Å². The number of fused-ring (bicyclic) bond motifs is 1. The maximum atomic E-state index is 13.2. The van der Waals surface area contributed by atoms with Crippen LogP contribution in [0.1, 0.15) is 32.0 Å². The zero-order valence-corrected chi connectivity index (χ0v) is 18.2. The fourth-order valence-electron chi connectivity index (χ4n) is 3.74. The van der Waals surface area contributed by atoms with Crippen LogP contribution in [0, 0.1) is 0 Å². The monoisotopic (exact) mass is 458 g/mol. The Hall–Kier alpha value is -4.04. The first-order valence-corrected chi connectivity index (χ1v) is 11.2. The van der Waals surface area contributed by atoms with Crippen molar-refractivity contribution in [2.75, 3.05) is 0 Å². The van der Waals surface area contributed by atoms with Gasteiger partial charge in [0, 0.05) is 11.8 Å². The predicted octanol–water partition coefficient (Wildman–Crippen LogP) is 4.35. The van der Waals surface area contributed by atoms with Crippen LogP contribution < -0.4 is 0 Å². The summed E-state index contributed by atoms with van der Waals surface area (Å²) in [5.41, 5.74) is 1.94. The second-order valence-electron chi connectivity index (χ2n) is 7.46. The van der Waals surface area contributed by atoms with Crippen molar-refractivity contribution in [2.24, 2.45) is 0 Å². The molecule has 2 aromatic heterocycles. The number of hydrogen-bond donors (Lipinski definition) is 0. The van der Waals surface area contributed by atoms with E-state index in [0.717, 1.165) is 10.5 Å². The lowest BCUT2D eigenvalue weighted by molar-refractivity contribution is -0.149. The molecular formula is C25H18N2O5S. The van der Waals surface area contributed by atoms with Gasteiger partial charge in [0.25, 0.3) is 11.8 Å². The number of esters is 1. The molecular weight excluding hydrogens is 440 g/mol. The predicted molar refractivity (Wildman–Crippen MR) is 120 cm³/mol. The Kier molecular flexibility index (Phi) is 5.58. The second-order valence-corrected chi connectivity index (χ2v) is 8.32. The molecule has 0 fully saturated rings. The largest absolute Gasteiger partial charge is 0.462 e. The number of amides is 2. The van der Waals surface area contributed by atoms with Crippen molar-refractivity contribution in [2.45, 2.75) is 19.1 Å². The van der Waals surface area contributed by atoms with E-state index in [2.05, 4.69) is 4.98 Å². The zero-order chi connectivity index (χ0) is 22.8. The lowest BCUT2D eigenvalue weighted by atomic mass is 10.0. The van der Waals surface area contributed by atoms with Gasteiger partial charge < -0.3 is 9.15 Å². The molecule has 5 rings (SSSR count). The van der Waals surface area contributed by atoms with E-state index < -0.39 is 23.8 Å². The number of hydrogen-bond acceptors (Lipinski definition) is 7. The van der Waals surface area contributed by atoms with E-state index in [1.807, 2.05) is 30.3 Å². The normalized spacial score (nSPS) is 13.8. The van der Waals surface area contributed by atoms with Crippen LogP contribution in [-0.4, -0.2) is 33.7 Å². The highest BCUT2D eigenvalue weighted by molar-refractivity contribution is 7.13. The Labute approximate surface area is 193 Å². The van der Waals surface area contributed by atoms with Gasteiger partial charge in [0.1, 0.15) is 12.6 Å². The Balaban J connectivity index is 1.37. The van der Waals surface area contributed by atoms with Crippen LogP contribution >= 0.6 is 11.3 Å². The average Bonchev–Trinajstić information content (AvgIpc) is 3.58. The average molecular weight is 458 g/mol. The van der Waals surface area contributed by atoms with Crippen LogP contribution in [-0.2, 0) is 22.6 Å². The molecule has 33 heavy (non-hydrogen) atoms. The Morgan fingerprint density at radius 2 is 1.67 bits per heavy atom. The topological polar surface area (TPSA) is 89.7 Å². The molecule has 2 amide bonds. The SMILES string of the molecule is O=C(OCc1csc(-c2ccco2)n1)[C@H](Cc1ccccc1)N1C(=O)c2ccccc2C1=O. The molecule has 0 saturated heterocycles. The van der Waals surface area contributed by atoms with Gasteiger partial charge in [-0.1, -0.05) is 42.5 Å². The Morgan fingerprint density at radius 3 is 2.33 bits per heavy atom. The van der Waals surface area contributed by atoms with Gasteiger partial charge in [-0.2, -0.15) is 0 Å². The number of nitrogens with zero attached hydrogens (tertiary/aromatic N) is 2. The lowest BCUT2D eigenvalue weighted by Gasteiger charge is -2.24. The third kappa shape index (κ3) is 4.08. The zero-order valence-electron chi connectivity index (χ0n) is 17.3. The molecule has 8 heteroatoms. The molecule has 7 nitrogen and oxygen atoms in total. The molecule has 0 bridgehead atoms. The summed E-state index contributed by atoms with van der Waals surface area (Å²) < 4.78 is 10.9. The molecule has 0 saturated carbocycles. The maximum absolute atomic E-state index is 13.2. The number of benzene rings is 2. The van der Waals surface area contributed by atoms with Crippen LogP contribution in [0.15, 0.2) is 82.8 Å². The van der Waals surface area contributed by atoms with Crippen LogP contribution in [0.25, 0.3) is 10.8 Å². The molecule has 1 aliphatic rings. The standard InChI is InChI=1S/C25H18N2O5S/c28-23-18-9-4-5-10-19(18)24(29)27(23)20(13-16-7-2-1-3-8-16)25(30)32-14-17-15-33-22(26-17)21-11-6-12-31-21/h1-12,15,20H,13-14H2/t20-/m0/s1. The molecule has 0 aliphatic carbocycles. The van der Waals surface area contributed by atoms with Gasteiger partial charge in [0.05, 0.1) is 23.1 Å². The first-order chi connectivity index (χ1) is 16.1. The van der Waals surface area contributed by atoms with Gasteiger partial charge in [-0.3, -0.25) is 14.5 Å². The quantitative estimate of drug-likeness (QED) is 0.302. The molecule has 1 aliphatic heterocycles. The van der Waals surface area contributed by atoms with Crippen molar-refractivity contribution in [3.63, 3.8) is 0 Å². The minimum atomic E-state index is -1.09. The van der Waals surface area contributed by atoms with Gasteiger partial charge in [-0.25, -0.2) is 9.78 Å². The number of aromatic nitrogens is 1. The number of thiazole rings is 1. The minimum absolute atomic E-state index is 0.0789. The first-order valence-electron chi connectivity index (χ1n) is 10.3. The van der Waals surface area contributed by atoms with E-state index in [1.54, 1.807) is 48.0 Å². The smallest absolute Gasteiger partial charge is 0.330 e. The van der Waals surface area contributed by atoms with E-state index in [0.29, 0.717) is 16.5 Å². The summed E-state index contributed by atoms with van der Waals surface area (Å²) in [5.74, 6) is -1.03. The highest BCUT2D eigenvalue weighted by Crippen LogP contribution is 2.27. The number of imide groups is 1. The van der Waals surface area contributed by atoms with Crippen LogP contribution in [0.5, 0.6) is 0 Å². The summed E-state index contributed by atoms with van der Waals surface area (Å²) in [6, 6.07) is 18.3. The van der Waals surface area contributed by atoms with Crippen molar-refractivity contribution in [3.8, 4) is 10.8 Å². The van der Waals surface area contributed by atoms with Crippen molar-refractivity contribution < 1.29 is 23.5 Å². The fourth-order valence-corrected chi connectivity index (χ4v) is 4.51. The molecule has 0 N–H and O–H groups in total. The number of carbonyl (C=O) groups is 3. The molecule has 0 unspecified atom stereocenters. The maximum Gasteiger partial charge on any atom is 0.330 e. The van der Waals surface area contributed by atoms with Gasteiger partial charge in [0.2, 0.25) is 0 Å². The van der Waals surface area contributed by atoms with Gasteiger partial charge in [-0.05, 0) is 29.8 Å². The Morgan fingerprint density at radius 1 is 0.970 bits per heavy atom. The van der Waals surface area contributed by atoms with E-state index in [9.17, 15) is 14.4 Å². The van der Waals surface area contributed by atoms with Crippen LogP contribution in [0.2, 0.25) is 0 Å². The Bertz CT molecular complexity index is 1280. The third-order valence-electron chi connectivity index (χ3n) is 5.33. The van der Waals surface area contributed by atoms with Crippen LogP contribution in [0.3, 0.4) is 0 Å². The molecule has 0 radical (unpaired) electrons. The summed E-state index contributed by atoms with van der Waals surface area (Å²) in [6.07, 6.45) is 1.71. The van der Waals surface area contributed by atoms with E-state index in [4.69, 9.17) is 9.15 Å². The lowest BCUT2D eigenvalue weighted by Crippen LogP contribution is -2.47. The summed E-state index contributed by atoms with van der Waals surface area (Å²) >= 11 is 1.37. The van der Waals surface area contributed by atoms with Crippen molar-refractivity contribution in [3.05, 3.63) is 101 Å². The van der Waals surface area contributed by atoms with Crippen LogP contribution in [0.4, 0.5) is 0 Å². The number of carbonyl (C=O) groups excluding carboxylic acids is 3. The van der Waals surface area contributed by atoms with E-state index in [1.165, 1.54) is 11.3 Å². The second kappa shape index (κ2) is 8.84. The fraction of sp³-hybridized carbons (Fsp3) is 0.120. The van der Waals surface area contributed by atoms with Gasteiger partial charge in [-0.15, -0.1) is 11.3 Å². The summed E-state index contributed by atoms with van der Waals surface area (Å²) in [7, 11) is 0. The highest BCUT2D eigenvalue weighted by Gasteiger charge is 2.43. The molecule has 3 heterocycles. The number of rotatable bonds is 7. The number of ether oxygens (including phenoxy) is 1. The minimum Gasteiger partial charge on any atom is -0.462 e. The molecule has 2 aromatic carbocycles. The summed E-state index contributed by atoms with van der Waals surface area (Å²) in [6.45, 7) is -0.0789. The molecule has 1 atom stereocenters. The summed E-state index contributed by atoms with van der Waals surface area (Å²) in [4.78, 5) is 44.7. The van der Waals surface area contributed by atoms with Crippen molar-refractivity contribution >= 4 is 29.1 Å². The number of furan rings is 1. The highest BCUT2D eigenvalue weighted by atomic mass is 32.1. The summed E-state index contributed by atoms with van der Waals surface area (Å²) in [5, 5.41) is 2.45. The van der Waals surface area contributed by atoms with E-state index >= 15 is 0 Å². The molecule has 164 valence electrons.